The van der Waals surface area contributed by atoms with Gasteiger partial charge in [0, 0.05) is 31.4 Å². The molecule has 39 heavy (non-hydrogen) atoms. The molecule has 0 aromatic heterocycles. The highest BCUT2D eigenvalue weighted by molar-refractivity contribution is 5.95. The molecule has 1 N–H and O–H groups in total. The maximum Gasteiger partial charge on any atom is 0.253 e. The SMILES string of the molecule is C=C1[C@@H](C2Cc3ccccc3C2)NC(=O)[C@@H](C(CC)CC)N1Cc1ccccc1C(=O)N(C)CCCN(C)C. The molecule has 2 aromatic carbocycles. The number of rotatable bonds is 11. The predicted molar refractivity (Wildman–Crippen MR) is 158 cm³/mol. The number of carbonyl (C=O) groups excluding carboxylic acids is 2. The van der Waals surface area contributed by atoms with E-state index in [4.69, 9.17) is 0 Å². The van der Waals surface area contributed by atoms with Gasteiger partial charge in [-0.3, -0.25) is 9.59 Å². The van der Waals surface area contributed by atoms with Gasteiger partial charge in [-0.25, -0.2) is 0 Å². The van der Waals surface area contributed by atoms with E-state index in [9.17, 15) is 9.59 Å². The molecule has 2 aliphatic rings. The van der Waals surface area contributed by atoms with Crippen LogP contribution in [0.4, 0.5) is 0 Å². The Labute approximate surface area is 235 Å². The van der Waals surface area contributed by atoms with Gasteiger partial charge in [-0.05, 0) is 74.5 Å². The van der Waals surface area contributed by atoms with E-state index in [2.05, 4.69) is 59.8 Å². The second-order valence-electron chi connectivity index (χ2n) is 11.6. The number of benzene rings is 2. The molecule has 1 aliphatic heterocycles. The van der Waals surface area contributed by atoms with Crippen molar-refractivity contribution >= 4 is 11.8 Å². The topological polar surface area (TPSA) is 55.9 Å². The van der Waals surface area contributed by atoms with Crippen LogP contribution in [0.15, 0.2) is 60.8 Å². The maximum absolute atomic E-state index is 13.8. The Morgan fingerprint density at radius 2 is 1.62 bits per heavy atom. The maximum atomic E-state index is 13.8. The third kappa shape index (κ3) is 6.38. The van der Waals surface area contributed by atoms with Crippen molar-refractivity contribution < 1.29 is 9.59 Å². The highest BCUT2D eigenvalue weighted by Crippen LogP contribution is 2.37. The van der Waals surface area contributed by atoms with Gasteiger partial charge < -0.3 is 20.0 Å². The summed E-state index contributed by atoms with van der Waals surface area (Å²) in [5.74, 6) is 0.601. The van der Waals surface area contributed by atoms with Crippen molar-refractivity contribution in [3.8, 4) is 0 Å². The fourth-order valence-corrected chi connectivity index (χ4v) is 6.42. The van der Waals surface area contributed by atoms with Crippen LogP contribution in [0.5, 0.6) is 0 Å². The third-order valence-electron chi connectivity index (χ3n) is 8.71. The minimum absolute atomic E-state index is 0.0262. The molecule has 0 radical (unpaired) electrons. The molecule has 0 spiro atoms. The Bertz CT molecular complexity index is 1150. The molecule has 1 aliphatic carbocycles. The lowest BCUT2D eigenvalue weighted by Crippen LogP contribution is -2.62. The molecule has 1 saturated heterocycles. The highest BCUT2D eigenvalue weighted by Gasteiger charge is 2.44. The fourth-order valence-electron chi connectivity index (χ4n) is 6.42. The Morgan fingerprint density at radius 1 is 1.00 bits per heavy atom. The van der Waals surface area contributed by atoms with Crippen molar-refractivity contribution in [2.24, 2.45) is 11.8 Å². The smallest absolute Gasteiger partial charge is 0.253 e. The van der Waals surface area contributed by atoms with Gasteiger partial charge in [-0.15, -0.1) is 0 Å². The monoisotopic (exact) mass is 530 g/mol. The van der Waals surface area contributed by atoms with E-state index in [1.54, 1.807) is 0 Å². The quantitative estimate of drug-likeness (QED) is 0.456. The molecule has 6 heteroatoms. The summed E-state index contributed by atoms with van der Waals surface area (Å²) in [7, 11) is 5.97. The normalized spacial score (nSPS) is 19.5. The minimum atomic E-state index is -0.298. The van der Waals surface area contributed by atoms with Gasteiger partial charge >= 0.3 is 0 Å². The molecule has 2 atom stereocenters. The Kier molecular flexibility index (Phi) is 9.49. The number of fused-ring (bicyclic) bond motifs is 1. The van der Waals surface area contributed by atoms with E-state index >= 15 is 0 Å². The summed E-state index contributed by atoms with van der Waals surface area (Å²) >= 11 is 0. The molecule has 0 saturated carbocycles. The molecule has 1 heterocycles. The molecule has 2 amide bonds. The number of nitrogens with zero attached hydrogens (tertiary/aromatic N) is 3. The van der Waals surface area contributed by atoms with Crippen molar-refractivity contribution in [1.82, 2.24) is 20.0 Å². The van der Waals surface area contributed by atoms with Gasteiger partial charge in [0.05, 0.1) is 6.04 Å². The molecule has 4 rings (SSSR count). The summed E-state index contributed by atoms with van der Waals surface area (Å²) in [6.45, 7) is 11.0. The standard InChI is InChI=1S/C33H46N4O2/c1-7-24(8-2)31-32(38)34-30(28-20-25-14-9-10-15-26(25)21-28)23(3)37(31)22-27-16-11-12-17-29(27)33(39)36(6)19-13-18-35(4)5/h9-12,14-17,24,28,30-31H,3,7-8,13,18-22H2,1-2,4-6H3,(H,34,38)/t30-,31+/m0/s1. The van der Waals surface area contributed by atoms with E-state index in [0.29, 0.717) is 18.7 Å². The van der Waals surface area contributed by atoms with Crippen LogP contribution in [0.1, 0.15) is 60.2 Å². The second-order valence-corrected chi connectivity index (χ2v) is 11.6. The second kappa shape index (κ2) is 12.8. The van der Waals surface area contributed by atoms with Gasteiger partial charge in [0.25, 0.3) is 5.91 Å². The van der Waals surface area contributed by atoms with Crippen molar-refractivity contribution in [1.29, 1.82) is 0 Å². The highest BCUT2D eigenvalue weighted by atomic mass is 16.2. The zero-order valence-corrected chi connectivity index (χ0v) is 24.5. The Balaban J connectivity index is 1.60. The summed E-state index contributed by atoms with van der Waals surface area (Å²) < 4.78 is 0. The zero-order valence-electron chi connectivity index (χ0n) is 24.5. The average Bonchev–Trinajstić information content (AvgIpc) is 3.36. The number of amides is 2. The molecule has 6 nitrogen and oxygen atoms in total. The molecular formula is C33H46N4O2. The van der Waals surface area contributed by atoms with E-state index in [1.165, 1.54) is 11.1 Å². The van der Waals surface area contributed by atoms with Gasteiger partial charge in [0.1, 0.15) is 6.04 Å². The fraction of sp³-hybridized carbons (Fsp3) is 0.515. The molecular weight excluding hydrogens is 484 g/mol. The van der Waals surface area contributed by atoms with Crippen LogP contribution in [-0.2, 0) is 24.2 Å². The van der Waals surface area contributed by atoms with E-state index in [1.807, 2.05) is 50.3 Å². The first-order valence-electron chi connectivity index (χ1n) is 14.6. The summed E-state index contributed by atoms with van der Waals surface area (Å²) in [5, 5.41) is 3.39. The van der Waals surface area contributed by atoms with Crippen molar-refractivity contribution in [2.75, 3.05) is 34.2 Å². The van der Waals surface area contributed by atoms with Crippen molar-refractivity contribution in [2.45, 2.75) is 64.6 Å². The molecule has 0 bridgehead atoms. The third-order valence-corrected chi connectivity index (χ3v) is 8.71. The largest absolute Gasteiger partial charge is 0.357 e. The van der Waals surface area contributed by atoms with Crippen LogP contribution in [0, 0.1) is 11.8 Å². The predicted octanol–water partition coefficient (Wildman–Crippen LogP) is 4.74. The van der Waals surface area contributed by atoms with Crippen LogP contribution in [0.3, 0.4) is 0 Å². The van der Waals surface area contributed by atoms with Crippen LogP contribution >= 0.6 is 0 Å². The lowest BCUT2D eigenvalue weighted by Gasteiger charge is -2.47. The summed E-state index contributed by atoms with van der Waals surface area (Å²) in [5.41, 5.74) is 5.35. The first kappa shape index (κ1) is 28.9. The van der Waals surface area contributed by atoms with Crippen LogP contribution < -0.4 is 5.32 Å². The van der Waals surface area contributed by atoms with Gasteiger partial charge in [0.2, 0.25) is 5.91 Å². The molecule has 0 unspecified atom stereocenters. The van der Waals surface area contributed by atoms with Crippen LogP contribution in [0.2, 0.25) is 0 Å². The first-order chi connectivity index (χ1) is 18.7. The van der Waals surface area contributed by atoms with Crippen LogP contribution in [-0.4, -0.2) is 72.8 Å². The number of nitrogens with one attached hydrogen (secondary N) is 1. The molecule has 210 valence electrons. The summed E-state index contributed by atoms with van der Waals surface area (Å²) in [4.78, 5) is 33.5. The number of piperazine rings is 1. The first-order valence-corrected chi connectivity index (χ1v) is 14.6. The minimum Gasteiger partial charge on any atom is -0.357 e. The Hall–Kier alpha value is -3.12. The summed E-state index contributed by atoms with van der Waals surface area (Å²) in [6, 6.07) is 16.0. The van der Waals surface area contributed by atoms with E-state index < -0.39 is 0 Å². The lowest BCUT2D eigenvalue weighted by molar-refractivity contribution is -0.132. The van der Waals surface area contributed by atoms with E-state index in [-0.39, 0.29) is 35.7 Å². The van der Waals surface area contributed by atoms with Gasteiger partial charge in [-0.2, -0.15) is 0 Å². The van der Waals surface area contributed by atoms with Crippen molar-refractivity contribution in [3.05, 3.63) is 83.1 Å². The summed E-state index contributed by atoms with van der Waals surface area (Å²) in [6.07, 6.45) is 4.62. The van der Waals surface area contributed by atoms with Crippen LogP contribution in [0.25, 0.3) is 0 Å². The average molecular weight is 531 g/mol. The van der Waals surface area contributed by atoms with Crippen molar-refractivity contribution in [3.63, 3.8) is 0 Å². The zero-order chi connectivity index (χ0) is 28.1. The lowest BCUT2D eigenvalue weighted by atomic mass is 9.84. The molecule has 2 aromatic rings. The van der Waals surface area contributed by atoms with Gasteiger partial charge in [-0.1, -0.05) is 75.7 Å². The number of hydrogen-bond donors (Lipinski definition) is 1. The number of carbonyl (C=O) groups is 2. The van der Waals surface area contributed by atoms with Gasteiger partial charge in [0.15, 0.2) is 0 Å². The van der Waals surface area contributed by atoms with E-state index in [0.717, 1.165) is 49.9 Å². The number of hydrogen-bond acceptors (Lipinski definition) is 4. The molecule has 1 fully saturated rings. The Morgan fingerprint density at radius 3 is 2.23 bits per heavy atom.